The summed E-state index contributed by atoms with van der Waals surface area (Å²) in [7, 11) is 1.24. The first kappa shape index (κ1) is 15.2. The number of hydrogen-bond acceptors (Lipinski definition) is 6. The summed E-state index contributed by atoms with van der Waals surface area (Å²) in [5, 5.41) is 0. The lowest BCUT2D eigenvalue weighted by Crippen LogP contribution is -2.43. The summed E-state index contributed by atoms with van der Waals surface area (Å²) in [5.74, 6) is -0.547. The van der Waals surface area contributed by atoms with Gasteiger partial charge in [0.1, 0.15) is 11.6 Å². The average Bonchev–Trinajstić information content (AvgIpc) is 2.70. The second kappa shape index (κ2) is 5.84. The lowest BCUT2D eigenvalue weighted by atomic mass is 10.2. The minimum Gasteiger partial charge on any atom is -0.467 e. The topological polar surface area (TPSA) is 85.3 Å². The van der Waals surface area contributed by atoms with E-state index in [9.17, 15) is 14.4 Å². The van der Waals surface area contributed by atoms with E-state index < -0.39 is 29.7 Å². The van der Waals surface area contributed by atoms with Crippen LogP contribution in [0, 0.1) is 0 Å². The molecule has 0 saturated carbocycles. The summed E-state index contributed by atoms with van der Waals surface area (Å²) in [6.07, 6.45) is 1.06. The summed E-state index contributed by atoms with van der Waals surface area (Å²) in [6, 6.07) is -1.23. The van der Waals surface area contributed by atoms with Gasteiger partial charge in [0.05, 0.1) is 13.2 Å². The molecule has 0 spiro atoms. The normalized spacial score (nSPS) is 22.6. The second-order valence-corrected chi connectivity index (χ2v) is 5.28. The molecule has 1 amide bonds. The number of ether oxygens (including phenoxy) is 2. The quantitative estimate of drug-likeness (QED) is 0.422. The molecular weight excluding hydrogens is 252 g/mol. The predicted molar refractivity (Wildman–Crippen MR) is 65.3 cm³/mol. The van der Waals surface area contributed by atoms with Crippen LogP contribution in [-0.2, 0) is 19.1 Å². The summed E-state index contributed by atoms with van der Waals surface area (Å²) in [4.78, 5) is 38.7. The van der Waals surface area contributed by atoms with E-state index in [1.807, 2.05) is 0 Å². The van der Waals surface area contributed by atoms with Crippen LogP contribution < -0.4 is 0 Å². The van der Waals surface area contributed by atoms with Gasteiger partial charge in [-0.3, -0.25) is 4.90 Å². The van der Waals surface area contributed by atoms with Crippen molar-refractivity contribution >= 4 is 18.1 Å². The third kappa shape index (κ3) is 4.06. The third-order valence-corrected chi connectivity index (χ3v) is 2.62. The fourth-order valence-electron chi connectivity index (χ4n) is 1.86. The number of isocyanates is 1. The number of rotatable bonds is 2. The Bertz CT molecular complexity index is 409. The van der Waals surface area contributed by atoms with Gasteiger partial charge in [0, 0.05) is 13.0 Å². The van der Waals surface area contributed by atoms with Crippen molar-refractivity contribution in [2.24, 2.45) is 4.99 Å². The molecule has 1 rings (SSSR count). The van der Waals surface area contributed by atoms with Gasteiger partial charge in [-0.1, -0.05) is 0 Å². The molecule has 7 heteroatoms. The van der Waals surface area contributed by atoms with Gasteiger partial charge in [0.2, 0.25) is 6.08 Å². The van der Waals surface area contributed by atoms with Gasteiger partial charge in [-0.15, -0.1) is 0 Å². The molecule has 0 bridgehead atoms. The Kier molecular flexibility index (Phi) is 4.67. The number of likely N-dealkylation sites (tertiary alicyclic amines) is 1. The summed E-state index contributed by atoms with van der Waals surface area (Å²) in [6.45, 7) is 5.34. The molecule has 1 heterocycles. The second-order valence-electron chi connectivity index (χ2n) is 5.28. The molecule has 1 aliphatic heterocycles. The Morgan fingerprint density at radius 2 is 2.00 bits per heavy atom. The van der Waals surface area contributed by atoms with Gasteiger partial charge in [-0.05, 0) is 20.8 Å². The number of aliphatic imine (C=N–C) groups is 1. The molecule has 0 aromatic carbocycles. The van der Waals surface area contributed by atoms with E-state index in [1.165, 1.54) is 18.1 Å². The largest absolute Gasteiger partial charge is 0.467 e. The number of carbonyl (C=O) groups excluding carboxylic acids is 3. The molecule has 0 radical (unpaired) electrons. The van der Waals surface area contributed by atoms with Gasteiger partial charge < -0.3 is 9.47 Å². The van der Waals surface area contributed by atoms with Crippen molar-refractivity contribution in [3.05, 3.63) is 0 Å². The first-order chi connectivity index (χ1) is 8.78. The van der Waals surface area contributed by atoms with Crippen molar-refractivity contribution in [2.45, 2.75) is 44.9 Å². The van der Waals surface area contributed by atoms with Crippen LogP contribution in [0.4, 0.5) is 4.79 Å². The highest BCUT2D eigenvalue weighted by atomic mass is 16.6. The number of amides is 1. The highest BCUT2D eigenvalue weighted by molar-refractivity contribution is 5.82. The Morgan fingerprint density at radius 3 is 2.47 bits per heavy atom. The molecule has 0 aromatic rings. The van der Waals surface area contributed by atoms with Crippen LogP contribution in [0.2, 0.25) is 0 Å². The molecule has 1 aliphatic rings. The van der Waals surface area contributed by atoms with E-state index in [2.05, 4.69) is 9.73 Å². The van der Waals surface area contributed by atoms with Crippen molar-refractivity contribution in [3.8, 4) is 0 Å². The minimum absolute atomic E-state index is 0.143. The highest BCUT2D eigenvalue weighted by Gasteiger charge is 2.42. The summed E-state index contributed by atoms with van der Waals surface area (Å²) < 4.78 is 9.85. The van der Waals surface area contributed by atoms with Crippen LogP contribution in [0.15, 0.2) is 4.99 Å². The van der Waals surface area contributed by atoms with Crippen LogP contribution in [0.5, 0.6) is 0 Å². The van der Waals surface area contributed by atoms with Crippen LogP contribution in [0.3, 0.4) is 0 Å². The molecule has 19 heavy (non-hydrogen) atoms. The standard InChI is InChI=1S/C12H18N2O5/c1-12(2,3)19-11(17)14-6-8(13-7-15)5-9(14)10(16)18-4/h8-9H,5-6H2,1-4H3. The fraction of sp³-hybridized carbons (Fsp3) is 0.750. The van der Waals surface area contributed by atoms with Gasteiger partial charge in [-0.2, -0.15) is 0 Å². The molecule has 7 nitrogen and oxygen atoms in total. The molecule has 0 aromatic heterocycles. The van der Waals surface area contributed by atoms with E-state index >= 15 is 0 Å². The molecule has 2 unspecified atom stereocenters. The lowest BCUT2D eigenvalue weighted by Gasteiger charge is -2.27. The average molecular weight is 270 g/mol. The number of hydrogen-bond donors (Lipinski definition) is 0. The van der Waals surface area contributed by atoms with E-state index in [0.29, 0.717) is 0 Å². The van der Waals surface area contributed by atoms with Crippen LogP contribution in [0.1, 0.15) is 27.2 Å². The Labute approximate surface area is 111 Å². The Balaban J connectivity index is 2.85. The van der Waals surface area contributed by atoms with Crippen LogP contribution in [-0.4, -0.2) is 54.4 Å². The fourth-order valence-corrected chi connectivity index (χ4v) is 1.86. The maximum Gasteiger partial charge on any atom is 0.411 e. The number of methoxy groups -OCH3 is 1. The number of esters is 1. The van der Waals surface area contributed by atoms with Crippen molar-refractivity contribution in [1.82, 2.24) is 4.90 Å². The van der Waals surface area contributed by atoms with Gasteiger partial charge in [0.15, 0.2) is 0 Å². The van der Waals surface area contributed by atoms with E-state index in [0.717, 1.165) is 0 Å². The predicted octanol–water partition coefficient (Wildman–Crippen LogP) is 0.873. The lowest BCUT2D eigenvalue weighted by molar-refractivity contribution is -0.145. The third-order valence-electron chi connectivity index (χ3n) is 2.62. The van der Waals surface area contributed by atoms with E-state index in [4.69, 9.17) is 4.74 Å². The zero-order valence-corrected chi connectivity index (χ0v) is 11.5. The van der Waals surface area contributed by atoms with Gasteiger partial charge in [0.25, 0.3) is 0 Å². The van der Waals surface area contributed by atoms with Crippen molar-refractivity contribution < 1.29 is 23.9 Å². The van der Waals surface area contributed by atoms with Crippen LogP contribution >= 0.6 is 0 Å². The molecule has 2 atom stereocenters. The summed E-state index contributed by atoms with van der Waals surface area (Å²) in [5.41, 5.74) is -0.663. The molecule has 1 fully saturated rings. The van der Waals surface area contributed by atoms with E-state index in [1.54, 1.807) is 20.8 Å². The van der Waals surface area contributed by atoms with E-state index in [-0.39, 0.29) is 13.0 Å². The molecule has 106 valence electrons. The number of nitrogens with zero attached hydrogens (tertiary/aromatic N) is 2. The van der Waals surface area contributed by atoms with Gasteiger partial charge in [-0.25, -0.2) is 19.4 Å². The van der Waals surface area contributed by atoms with Gasteiger partial charge >= 0.3 is 12.1 Å². The minimum atomic E-state index is -0.776. The Morgan fingerprint density at radius 1 is 1.37 bits per heavy atom. The van der Waals surface area contributed by atoms with Crippen molar-refractivity contribution in [3.63, 3.8) is 0 Å². The smallest absolute Gasteiger partial charge is 0.411 e. The monoisotopic (exact) mass is 270 g/mol. The first-order valence-electron chi connectivity index (χ1n) is 5.93. The maximum atomic E-state index is 12.0. The van der Waals surface area contributed by atoms with Crippen LogP contribution in [0.25, 0.3) is 0 Å². The Hall–Kier alpha value is -1.88. The zero-order valence-electron chi connectivity index (χ0n) is 11.5. The highest BCUT2D eigenvalue weighted by Crippen LogP contribution is 2.23. The molecule has 0 aliphatic carbocycles. The van der Waals surface area contributed by atoms with Crippen molar-refractivity contribution in [1.29, 1.82) is 0 Å². The number of carbonyl (C=O) groups is 2. The van der Waals surface area contributed by atoms with Crippen molar-refractivity contribution in [2.75, 3.05) is 13.7 Å². The molecule has 1 saturated heterocycles. The molecular formula is C12H18N2O5. The maximum absolute atomic E-state index is 12.0. The first-order valence-corrected chi connectivity index (χ1v) is 5.93. The molecule has 0 N–H and O–H groups in total. The summed E-state index contributed by atoms with van der Waals surface area (Å²) >= 11 is 0. The zero-order chi connectivity index (χ0) is 14.6. The SMILES string of the molecule is COC(=O)C1CC(N=C=O)CN1C(=O)OC(C)(C)C.